The van der Waals surface area contributed by atoms with Crippen molar-refractivity contribution < 1.29 is 24.2 Å². The van der Waals surface area contributed by atoms with E-state index in [4.69, 9.17) is 20.1 Å². The predicted octanol–water partition coefficient (Wildman–Crippen LogP) is 1.75. The summed E-state index contributed by atoms with van der Waals surface area (Å²) in [6.07, 6.45) is 5.14. The summed E-state index contributed by atoms with van der Waals surface area (Å²) in [5, 5.41) is 14.8. The Labute approximate surface area is 154 Å². The summed E-state index contributed by atoms with van der Waals surface area (Å²) < 4.78 is 10.9. The Hall–Kier alpha value is -1.83. The average molecular weight is 371 g/mol. The molecule has 0 aromatic rings. The molecule has 0 heterocycles. The number of rotatable bonds is 16. The molecule has 148 valence electrons. The maximum Gasteiger partial charge on any atom is 0.303 e. The molecule has 26 heavy (non-hydrogen) atoms. The highest BCUT2D eigenvalue weighted by Gasteiger charge is 2.28. The Bertz CT molecular complexity index is 462. The summed E-state index contributed by atoms with van der Waals surface area (Å²) in [7, 11) is 0. The summed E-state index contributed by atoms with van der Waals surface area (Å²) in [4.78, 5) is 24.7. The Kier molecular flexibility index (Phi) is 12.3. The molecule has 0 spiro atoms. The molecule has 1 saturated carbocycles. The first-order valence-corrected chi connectivity index (χ1v) is 9.29. The molecule has 0 aliphatic heterocycles. The molecule has 0 bridgehead atoms. The molecule has 0 radical (unpaired) electrons. The van der Waals surface area contributed by atoms with E-state index >= 15 is 0 Å². The zero-order valence-corrected chi connectivity index (χ0v) is 15.3. The molecule has 1 amide bonds. The second-order valence-corrected chi connectivity index (χ2v) is 6.57. The highest BCUT2D eigenvalue weighted by atomic mass is 16.5. The van der Waals surface area contributed by atoms with Gasteiger partial charge in [-0.05, 0) is 43.9 Å². The molecule has 0 atom stereocenters. The quantitative estimate of drug-likeness (QED) is 0.216. The summed E-state index contributed by atoms with van der Waals surface area (Å²) in [6.45, 7) is 3.31. The molecule has 9 nitrogen and oxygen atoms in total. The first kappa shape index (κ1) is 22.2. The molecule has 1 aliphatic rings. The van der Waals surface area contributed by atoms with Crippen LogP contribution in [-0.2, 0) is 19.1 Å². The van der Waals surface area contributed by atoms with Crippen LogP contribution >= 0.6 is 0 Å². The van der Waals surface area contributed by atoms with Gasteiger partial charge in [0.05, 0.1) is 19.8 Å². The van der Waals surface area contributed by atoms with Gasteiger partial charge in [-0.1, -0.05) is 0 Å². The first-order valence-electron chi connectivity index (χ1n) is 9.29. The van der Waals surface area contributed by atoms with Gasteiger partial charge >= 0.3 is 5.97 Å². The van der Waals surface area contributed by atoms with Crippen LogP contribution in [0.1, 0.15) is 44.9 Å². The molecular weight excluding hydrogens is 340 g/mol. The van der Waals surface area contributed by atoms with E-state index in [-0.39, 0.29) is 18.7 Å². The number of nitrogens with one attached hydrogen (secondary N) is 2. The second kappa shape index (κ2) is 14.4. The third-order valence-corrected chi connectivity index (χ3v) is 4.45. The number of nitrogens with zero attached hydrogens (tertiary/aromatic N) is 2. The van der Waals surface area contributed by atoms with Crippen molar-refractivity contribution in [1.82, 2.24) is 10.2 Å². The number of ether oxygens (including phenoxy) is 2. The van der Waals surface area contributed by atoms with E-state index < -0.39 is 5.97 Å². The van der Waals surface area contributed by atoms with E-state index in [9.17, 15) is 9.59 Å². The van der Waals surface area contributed by atoms with Crippen LogP contribution in [0, 0.1) is 17.4 Å². The van der Waals surface area contributed by atoms with Crippen LogP contribution in [0.25, 0.3) is 0 Å². The van der Waals surface area contributed by atoms with E-state index in [1.165, 1.54) is 12.8 Å². The van der Waals surface area contributed by atoms with Crippen molar-refractivity contribution >= 4 is 11.9 Å². The van der Waals surface area contributed by atoms with Crippen molar-refractivity contribution in [2.24, 2.45) is 17.0 Å². The number of hydrogen-bond acceptors (Lipinski definition) is 6. The largest absolute Gasteiger partial charge is 0.481 e. The number of amides is 1. The van der Waals surface area contributed by atoms with Crippen LogP contribution in [0.5, 0.6) is 0 Å². The van der Waals surface area contributed by atoms with Gasteiger partial charge in [0, 0.05) is 26.0 Å². The van der Waals surface area contributed by atoms with Gasteiger partial charge in [-0.15, -0.1) is 0 Å². The lowest BCUT2D eigenvalue weighted by Crippen LogP contribution is -2.27. The molecule has 1 aliphatic carbocycles. The molecule has 1 fully saturated rings. The minimum absolute atomic E-state index is 0.0147. The topological polar surface area (TPSA) is 135 Å². The SMILES string of the molecule is N=[N+]=NCCC1CC(CCOCCOCCNC(=O)CCCC(=O)O)C1. The number of carbonyl (C=O) groups is 2. The summed E-state index contributed by atoms with van der Waals surface area (Å²) in [5.74, 6) is 0.442. The van der Waals surface area contributed by atoms with Gasteiger partial charge in [-0.3, -0.25) is 9.59 Å². The Morgan fingerprint density at radius 1 is 1.08 bits per heavy atom. The van der Waals surface area contributed by atoms with Crippen molar-refractivity contribution in [3.8, 4) is 0 Å². The standard InChI is InChI=1S/C17H30N4O5/c18-21-20-6-4-14-12-15(13-14)5-8-25-10-11-26-9-7-19-16(22)2-1-3-17(23)24/h14-15,18H,1-13H2,(H-,19,22,23,24)/p+1. The molecule has 0 aromatic heterocycles. The van der Waals surface area contributed by atoms with Gasteiger partial charge in [-0.2, -0.15) is 0 Å². The molecule has 9 heteroatoms. The molecule has 0 aromatic carbocycles. The molecule has 1 rings (SSSR count). The van der Waals surface area contributed by atoms with Crippen molar-refractivity contribution in [1.29, 1.82) is 5.53 Å². The average Bonchev–Trinajstić information content (AvgIpc) is 2.56. The van der Waals surface area contributed by atoms with Crippen molar-refractivity contribution in [2.75, 3.05) is 39.5 Å². The minimum Gasteiger partial charge on any atom is -0.481 e. The Morgan fingerprint density at radius 2 is 1.77 bits per heavy atom. The first-order chi connectivity index (χ1) is 12.6. The van der Waals surface area contributed by atoms with Gasteiger partial charge in [0.2, 0.25) is 10.8 Å². The fraction of sp³-hybridized carbons (Fsp3) is 0.882. The molecule has 0 saturated heterocycles. The zero-order valence-electron chi connectivity index (χ0n) is 15.3. The zero-order chi connectivity index (χ0) is 19.0. The van der Waals surface area contributed by atoms with Crippen LogP contribution in [0.3, 0.4) is 0 Å². The minimum atomic E-state index is -0.884. The van der Waals surface area contributed by atoms with Crippen LogP contribution in [0.15, 0.2) is 5.11 Å². The highest BCUT2D eigenvalue weighted by molar-refractivity contribution is 5.76. The molecular formula is C17H31N4O5+. The lowest BCUT2D eigenvalue weighted by Gasteiger charge is -2.34. The van der Waals surface area contributed by atoms with Crippen molar-refractivity contribution in [3.63, 3.8) is 0 Å². The highest BCUT2D eigenvalue weighted by Crippen LogP contribution is 2.38. The fourth-order valence-corrected chi connectivity index (χ4v) is 2.96. The van der Waals surface area contributed by atoms with E-state index in [0.29, 0.717) is 39.3 Å². The fourth-order valence-electron chi connectivity index (χ4n) is 2.96. The smallest absolute Gasteiger partial charge is 0.303 e. The Balaban J connectivity index is 1.78. The number of carboxylic acid groups (broad SMARTS) is 1. The van der Waals surface area contributed by atoms with Crippen LogP contribution in [0.4, 0.5) is 0 Å². The summed E-state index contributed by atoms with van der Waals surface area (Å²) >= 11 is 0. The van der Waals surface area contributed by atoms with E-state index in [0.717, 1.165) is 31.3 Å². The van der Waals surface area contributed by atoms with Crippen LogP contribution < -0.4 is 10.2 Å². The van der Waals surface area contributed by atoms with Gasteiger partial charge in [-0.25, -0.2) is 0 Å². The number of hydrogen-bond donors (Lipinski definition) is 3. The van der Waals surface area contributed by atoms with E-state index in [2.05, 4.69) is 15.3 Å². The van der Waals surface area contributed by atoms with Gasteiger partial charge in [0.1, 0.15) is 17.2 Å². The summed E-state index contributed by atoms with van der Waals surface area (Å²) in [5.41, 5.74) is 6.60. The second-order valence-electron chi connectivity index (χ2n) is 6.57. The summed E-state index contributed by atoms with van der Waals surface area (Å²) in [6, 6.07) is 0. The van der Waals surface area contributed by atoms with Gasteiger partial charge in [0.25, 0.3) is 0 Å². The van der Waals surface area contributed by atoms with E-state index in [1.54, 1.807) is 0 Å². The van der Waals surface area contributed by atoms with Gasteiger partial charge < -0.3 is 19.9 Å². The number of carboxylic acids is 1. The van der Waals surface area contributed by atoms with Crippen molar-refractivity contribution in [2.45, 2.75) is 44.9 Å². The lowest BCUT2D eigenvalue weighted by molar-refractivity contribution is -0.137. The van der Waals surface area contributed by atoms with Gasteiger partial charge in [0.15, 0.2) is 0 Å². The van der Waals surface area contributed by atoms with E-state index in [1.807, 2.05) is 0 Å². The maximum absolute atomic E-state index is 11.4. The van der Waals surface area contributed by atoms with Crippen LogP contribution in [-0.4, -0.2) is 56.5 Å². The molecule has 0 unspecified atom stereocenters. The normalized spacial score (nSPS) is 18.6. The monoisotopic (exact) mass is 371 g/mol. The number of carbonyl (C=O) groups excluding carboxylic acids is 1. The molecule has 3 N–H and O–H groups in total. The van der Waals surface area contributed by atoms with Crippen LogP contribution in [0.2, 0.25) is 0 Å². The Morgan fingerprint density at radius 3 is 2.46 bits per heavy atom. The third kappa shape index (κ3) is 11.7. The number of aliphatic carboxylic acids is 1. The maximum atomic E-state index is 11.4. The third-order valence-electron chi connectivity index (χ3n) is 4.45. The predicted molar refractivity (Wildman–Crippen MR) is 93.7 cm³/mol. The van der Waals surface area contributed by atoms with Crippen molar-refractivity contribution in [3.05, 3.63) is 0 Å². The lowest BCUT2D eigenvalue weighted by atomic mass is 9.72.